The van der Waals surface area contributed by atoms with E-state index >= 15 is 0 Å². The van der Waals surface area contributed by atoms with Crippen molar-refractivity contribution < 1.29 is 0 Å². The molecular formula is C15H29N3. The van der Waals surface area contributed by atoms with Crippen molar-refractivity contribution in [2.75, 3.05) is 0 Å². The summed E-state index contributed by atoms with van der Waals surface area (Å²) >= 11 is 0. The molecule has 0 aromatic carbocycles. The minimum absolute atomic E-state index is 0.385. The molecule has 0 fully saturated rings. The molecule has 3 heteroatoms. The number of hydrogen-bond donors (Lipinski definition) is 1. The molecule has 0 bridgehead atoms. The van der Waals surface area contributed by atoms with Gasteiger partial charge in [0.25, 0.3) is 0 Å². The molecule has 18 heavy (non-hydrogen) atoms. The Morgan fingerprint density at radius 3 is 2.39 bits per heavy atom. The number of nitrogens with zero attached hydrogens (tertiary/aromatic N) is 2. The van der Waals surface area contributed by atoms with Crippen molar-refractivity contribution in [1.29, 1.82) is 0 Å². The molecule has 0 amide bonds. The van der Waals surface area contributed by atoms with Crippen molar-refractivity contribution in [3.63, 3.8) is 0 Å². The molecule has 104 valence electrons. The van der Waals surface area contributed by atoms with Gasteiger partial charge in [0.1, 0.15) is 0 Å². The SMILES string of the molecule is CCCCCC(C)NC(C)c1c(C)nn(C)c1C. The molecule has 1 heterocycles. The van der Waals surface area contributed by atoms with Crippen LogP contribution in [0.5, 0.6) is 0 Å². The third-order valence-electron chi connectivity index (χ3n) is 3.77. The van der Waals surface area contributed by atoms with Gasteiger partial charge in [0, 0.05) is 30.4 Å². The summed E-state index contributed by atoms with van der Waals surface area (Å²) in [7, 11) is 2.02. The van der Waals surface area contributed by atoms with E-state index in [0.717, 1.165) is 5.69 Å². The van der Waals surface area contributed by atoms with Gasteiger partial charge in [-0.2, -0.15) is 5.10 Å². The predicted molar refractivity (Wildman–Crippen MR) is 77.8 cm³/mol. The number of unbranched alkanes of at least 4 members (excludes halogenated alkanes) is 2. The first kappa shape index (κ1) is 15.2. The van der Waals surface area contributed by atoms with Crippen molar-refractivity contribution in [1.82, 2.24) is 15.1 Å². The van der Waals surface area contributed by atoms with Gasteiger partial charge in [0.2, 0.25) is 0 Å². The van der Waals surface area contributed by atoms with E-state index in [-0.39, 0.29) is 0 Å². The molecule has 1 rings (SSSR count). The summed E-state index contributed by atoms with van der Waals surface area (Å²) in [5, 5.41) is 8.19. The summed E-state index contributed by atoms with van der Waals surface area (Å²) in [6.45, 7) is 11.0. The van der Waals surface area contributed by atoms with Gasteiger partial charge in [-0.3, -0.25) is 4.68 Å². The molecule has 0 saturated heterocycles. The van der Waals surface area contributed by atoms with Crippen molar-refractivity contribution in [2.45, 2.75) is 72.4 Å². The molecular weight excluding hydrogens is 222 g/mol. The summed E-state index contributed by atoms with van der Waals surface area (Å²) in [6.07, 6.45) is 5.22. The summed E-state index contributed by atoms with van der Waals surface area (Å²) in [4.78, 5) is 0. The Morgan fingerprint density at radius 1 is 1.22 bits per heavy atom. The fraction of sp³-hybridized carbons (Fsp3) is 0.800. The fourth-order valence-electron chi connectivity index (χ4n) is 2.71. The van der Waals surface area contributed by atoms with Crippen LogP contribution in [-0.4, -0.2) is 15.8 Å². The Bertz CT molecular complexity index is 368. The summed E-state index contributed by atoms with van der Waals surface area (Å²) in [6, 6.07) is 0.959. The summed E-state index contributed by atoms with van der Waals surface area (Å²) < 4.78 is 1.98. The second kappa shape index (κ2) is 6.93. The molecule has 2 unspecified atom stereocenters. The van der Waals surface area contributed by atoms with Gasteiger partial charge in [0.05, 0.1) is 5.69 Å². The monoisotopic (exact) mass is 251 g/mol. The first-order valence-electron chi connectivity index (χ1n) is 7.23. The van der Waals surface area contributed by atoms with Crippen LogP contribution in [0.1, 0.15) is 69.4 Å². The Labute approximate surface area is 112 Å². The smallest absolute Gasteiger partial charge is 0.0644 e. The molecule has 0 aliphatic heterocycles. The minimum Gasteiger partial charge on any atom is -0.308 e. The topological polar surface area (TPSA) is 29.9 Å². The lowest BCUT2D eigenvalue weighted by Crippen LogP contribution is -2.29. The molecule has 2 atom stereocenters. The molecule has 1 N–H and O–H groups in total. The number of aryl methyl sites for hydroxylation is 2. The van der Waals surface area contributed by atoms with E-state index in [9.17, 15) is 0 Å². The Morgan fingerprint density at radius 2 is 1.89 bits per heavy atom. The maximum atomic E-state index is 4.49. The lowest BCUT2D eigenvalue weighted by molar-refractivity contribution is 0.438. The number of nitrogens with one attached hydrogen (secondary N) is 1. The highest BCUT2D eigenvalue weighted by Gasteiger charge is 2.17. The second-order valence-electron chi connectivity index (χ2n) is 5.49. The molecule has 3 nitrogen and oxygen atoms in total. The van der Waals surface area contributed by atoms with Gasteiger partial charge in [-0.05, 0) is 34.1 Å². The summed E-state index contributed by atoms with van der Waals surface area (Å²) in [5.41, 5.74) is 3.78. The molecule has 1 aromatic heterocycles. The van der Waals surface area contributed by atoms with Crippen LogP contribution in [0.15, 0.2) is 0 Å². The zero-order valence-corrected chi connectivity index (χ0v) is 12.9. The molecule has 1 aromatic rings. The van der Waals surface area contributed by atoms with E-state index < -0.39 is 0 Å². The van der Waals surface area contributed by atoms with Crippen molar-refractivity contribution in [3.8, 4) is 0 Å². The van der Waals surface area contributed by atoms with Crippen molar-refractivity contribution in [2.24, 2.45) is 7.05 Å². The number of aromatic nitrogens is 2. The van der Waals surface area contributed by atoms with Crippen LogP contribution in [0, 0.1) is 13.8 Å². The van der Waals surface area contributed by atoms with Gasteiger partial charge in [-0.25, -0.2) is 0 Å². The maximum absolute atomic E-state index is 4.49. The number of rotatable bonds is 7. The van der Waals surface area contributed by atoms with Crippen LogP contribution in [0.2, 0.25) is 0 Å². The molecule has 0 radical (unpaired) electrons. The van der Waals surface area contributed by atoms with Gasteiger partial charge in [-0.15, -0.1) is 0 Å². The second-order valence-corrected chi connectivity index (χ2v) is 5.49. The molecule has 0 aliphatic rings. The van der Waals surface area contributed by atoms with Gasteiger partial charge >= 0.3 is 0 Å². The highest BCUT2D eigenvalue weighted by atomic mass is 15.3. The van der Waals surface area contributed by atoms with Crippen LogP contribution < -0.4 is 5.32 Å². The van der Waals surface area contributed by atoms with E-state index in [2.05, 4.69) is 45.0 Å². The van der Waals surface area contributed by atoms with E-state index in [1.165, 1.54) is 36.9 Å². The third-order valence-corrected chi connectivity index (χ3v) is 3.77. The van der Waals surface area contributed by atoms with E-state index in [1.54, 1.807) is 0 Å². The average molecular weight is 251 g/mol. The molecule has 0 aliphatic carbocycles. The zero-order chi connectivity index (χ0) is 13.7. The minimum atomic E-state index is 0.385. The van der Waals surface area contributed by atoms with Crippen LogP contribution in [0.4, 0.5) is 0 Å². The Balaban J connectivity index is 2.56. The third kappa shape index (κ3) is 3.84. The number of hydrogen-bond acceptors (Lipinski definition) is 2. The van der Waals surface area contributed by atoms with Crippen LogP contribution in [0.25, 0.3) is 0 Å². The molecule has 0 saturated carbocycles. The standard InChI is InChI=1S/C15H29N3/c1-7-8-9-10-11(2)16-12(3)15-13(4)17-18(6)14(15)5/h11-12,16H,7-10H2,1-6H3. The van der Waals surface area contributed by atoms with E-state index in [0.29, 0.717) is 12.1 Å². The van der Waals surface area contributed by atoms with Gasteiger partial charge in [0.15, 0.2) is 0 Å². The van der Waals surface area contributed by atoms with Crippen molar-refractivity contribution in [3.05, 3.63) is 17.0 Å². The van der Waals surface area contributed by atoms with E-state index in [4.69, 9.17) is 0 Å². The quantitative estimate of drug-likeness (QED) is 0.750. The van der Waals surface area contributed by atoms with Crippen LogP contribution in [-0.2, 0) is 7.05 Å². The highest BCUT2D eigenvalue weighted by Crippen LogP contribution is 2.21. The Kier molecular flexibility index (Phi) is 5.86. The zero-order valence-electron chi connectivity index (χ0n) is 12.9. The highest BCUT2D eigenvalue weighted by molar-refractivity contribution is 5.27. The predicted octanol–water partition coefficient (Wildman–Crippen LogP) is 3.66. The van der Waals surface area contributed by atoms with Crippen molar-refractivity contribution >= 4 is 0 Å². The normalized spacial score (nSPS) is 14.8. The van der Waals surface area contributed by atoms with E-state index in [1.807, 2.05) is 11.7 Å². The molecule has 0 spiro atoms. The fourth-order valence-corrected chi connectivity index (χ4v) is 2.71. The first-order chi connectivity index (χ1) is 8.47. The lowest BCUT2D eigenvalue weighted by atomic mass is 10.0. The lowest BCUT2D eigenvalue weighted by Gasteiger charge is -2.20. The first-order valence-corrected chi connectivity index (χ1v) is 7.23. The van der Waals surface area contributed by atoms with Crippen LogP contribution >= 0.6 is 0 Å². The summed E-state index contributed by atoms with van der Waals surface area (Å²) in [5.74, 6) is 0. The van der Waals surface area contributed by atoms with Gasteiger partial charge in [-0.1, -0.05) is 26.2 Å². The Hall–Kier alpha value is -0.830. The van der Waals surface area contributed by atoms with Crippen LogP contribution in [0.3, 0.4) is 0 Å². The average Bonchev–Trinajstić information content (AvgIpc) is 2.53. The maximum Gasteiger partial charge on any atom is 0.0644 e. The largest absolute Gasteiger partial charge is 0.308 e. The van der Waals surface area contributed by atoms with Gasteiger partial charge < -0.3 is 5.32 Å².